The Kier molecular flexibility index (Phi) is 8.22. The van der Waals surface area contributed by atoms with Crippen molar-refractivity contribution in [2.24, 2.45) is 4.99 Å². The summed E-state index contributed by atoms with van der Waals surface area (Å²) >= 11 is 13.8. The first-order valence-electron chi connectivity index (χ1n) is 8.14. The third-order valence-electron chi connectivity index (χ3n) is 3.57. The van der Waals surface area contributed by atoms with Crippen molar-refractivity contribution in [2.75, 3.05) is 27.2 Å². The number of aliphatic imine (C=N–C) groups is 1. The van der Waals surface area contributed by atoms with Gasteiger partial charge < -0.3 is 15.5 Å². The Morgan fingerprint density at radius 2 is 2.04 bits per heavy atom. The summed E-state index contributed by atoms with van der Waals surface area (Å²) in [6.07, 6.45) is 0.891. The zero-order chi connectivity index (χ0) is 18.9. The van der Waals surface area contributed by atoms with Gasteiger partial charge in [-0.25, -0.2) is 4.99 Å². The molecule has 0 fully saturated rings. The predicted octanol–water partition coefficient (Wildman–Crippen LogP) is 3.42. The monoisotopic (exact) mass is 412 g/mol. The van der Waals surface area contributed by atoms with Gasteiger partial charge in [0.25, 0.3) is 0 Å². The van der Waals surface area contributed by atoms with Gasteiger partial charge >= 0.3 is 0 Å². The standard InChI is InChI=1S/C18H22Cl2N4OS/c1-24(2)17(25)12-23-18(21-8-7-15-4-3-9-26-15)22-11-13-5-6-14(19)10-16(13)20/h3-6,9-10H,7-8,11-12H2,1-2H3,(H2,21,22,23). The second kappa shape index (κ2) is 10.4. The van der Waals surface area contributed by atoms with E-state index in [0.29, 0.717) is 22.5 Å². The highest BCUT2D eigenvalue weighted by molar-refractivity contribution is 7.09. The van der Waals surface area contributed by atoms with Gasteiger partial charge in [-0.05, 0) is 35.6 Å². The Bertz CT molecular complexity index is 748. The molecule has 0 atom stereocenters. The number of carbonyl (C=O) groups excluding carboxylic acids is 1. The second-order valence-corrected chi connectivity index (χ2v) is 7.67. The summed E-state index contributed by atoms with van der Waals surface area (Å²) in [7, 11) is 3.44. The first-order chi connectivity index (χ1) is 12.5. The van der Waals surface area contributed by atoms with Gasteiger partial charge in [-0.2, -0.15) is 0 Å². The number of benzene rings is 1. The summed E-state index contributed by atoms with van der Waals surface area (Å²) in [5, 5.41) is 9.54. The van der Waals surface area contributed by atoms with Gasteiger partial charge in [0.2, 0.25) is 5.91 Å². The maximum atomic E-state index is 11.8. The van der Waals surface area contributed by atoms with Crippen molar-refractivity contribution in [2.45, 2.75) is 13.0 Å². The zero-order valence-electron chi connectivity index (χ0n) is 14.8. The van der Waals surface area contributed by atoms with Crippen LogP contribution in [-0.2, 0) is 17.8 Å². The minimum absolute atomic E-state index is 0.0257. The first-order valence-corrected chi connectivity index (χ1v) is 9.78. The smallest absolute Gasteiger partial charge is 0.241 e. The van der Waals surface area contributed by atoms with Crippen LogP contribution in [0.4, 0.5) is 0 Å². The van der Waals surface area contributed by atoms with Crippen LogP contribution >= 0.6 is 34.5 Å². The number of hydrogen-bond acceptors (Lipinski definition) is 3. The number of rotatable bonds is 7. The van der Waals surface area contributed by atoms with Crippen LogP contribution in [0.1, 0.15) is 10.4 Å². The SMILES string of the molecule is CN(C)C(=O)CNC(=NCc1ccc(Cl)cc1Cl)NCCc1cccs1. The van der Waals surface area contributed by atoms with E-state index in [4.69, 9.17) is 23.2 Å². The summed E-state index contributed by atoms with van der Waals surface area (Å²) < 4.78 is 0. The van der Waals surface area contributed by atoms with Crippen LogP contribution in [-0.4, -0.2) is 44.0 Å². The van der Waals surface area contributed by atoms with Gasteiger partial charge in [0.05, 0.1) is 13.1 Å². The van der Waals surface area contributed by atoms with Crippen molar-refractivity contribution in [1.82, 2.24) is 15.5 Å². The predicted molar refractivity (Wildman–Crippen MR) is 110 cm³/mol. The number of thiophene rings is 1. The summed E-state index contributed by atoms with van der Waals surface area (Å²) in [6, 6.07) is 9.46. The maximum Gasteiger partial charge on any atom is 0.241 e. The van der Waals surface area contributed by atoms with Crippen LogP contribution in [0.5, 0.6) is 0 Å². The van der Waals surface area contributed by atoms with Crippen LogP contribution < -0.4 is 10.6 Å². The Morgan fingerprint density at radius 1 is 1.23 bits per heavy atom. The molecule has 1 amide bonds. The zero-order valence-corrected chi connectivity index (χ0v) is 17.1. The number of halogens is 2. The highest BCUT2D eigenvalue weighted by Gasteiger charge is 2.07. The highest BCUT2D eigenvalue weighted by atomic mass is 35.5. The van der Waals surface area contributed by atoms with E-state index in [-0.39, 0.29) is 12.5 Å². The van der Waals surface area contributed by atoms with E-state index < -0.39 is 0 Å². The number of hydrogen-bond donors (Lipinski definition) is 2. The average Bonchev–Trinajstić information content (AvgIpc) is 3.11. The molecule has 2 N–H and O–H groups in total. The van der Waals surface area contributed by atoms with Gasteiger partial charge in [-0.3, -0.25) is 4.79 Å². The Hall–Kier alpha value is -1.76. The van der Waals surface area contributed by atoms with Gasteiger partial charge in [-0.1, -0.05) is 35.3 Å². The maximum absolute atomic E-state index is 11.8. The molecule has 0 saturated heterocycles. The minimum Gasteiger partial charge on any atom is -0.356 e. The molecule has 0 bridgehead atoms. The molecule has 0 aliphatic carbocycles. The third-order valence-corrected chi connectivity index (χ3v) is 5.10. The number of guanidine groups is 1. The van der Waals surface area contributed by atoms with Crippen molar-refractivity contribution in [3.05, 3.63) is 56.2 Å². The molecule has 2 aromatic rings. The van der Waals surface area contributed by atoms with Gasteiger partial charge in [-0.15, -0.1) is 11.3 Å². The molecular weight excluding hydrogens is 391 g/mol. The molecule has 0 aliphatic heterocycles. The van der Waals surface area contributed by atoms with Crippen molar-refractivity contribution in [3.63, 3.8) is 0 Å². The fourth-order valence-corrected chi connectivity index (χ4v) is 3.24. The van der Waals surface area contributed by atoms with E-state index in [9.17, 15) is 4.79 Å². The molecule has 0 radical (unpaired) electrons. The fourth-order valence-electron chi connectivity index (χ4n) is 2.06. The van der Waals surface area contributed by atoms with E-state index in [0.717, 1.165) is 18.5 Å². The van der Waals surface area contributed by atoms with Gasteiger partial charge in [0, 0.05) is 35.6 Å². The molecule has 0 saturated carbocycles. The van der Waals surface area contributed by atoms with Crippen molar-refractivity contribution >= 4 is 46.4 Å². The quantitative estimate of drug-likeness (QED) is 0.540. The lowest BCUT2D eigenvalue weighted by molar-refractivity contribution is -0.127. The number of amides is 1. The van der Waals surface area contributed by atoms with E-state index >= 15 is 0 Å². The number of nitrogens with zero attached hydrogens (tertiary/aromatic N) is 2. The summed E-state index contributed by atoms with van der Waals surface area (Å²) in [5.41, 5.74) is 0.870. The Balaban J connectivity index is 1.98. The van der Waals surface area contributed by atoms with Crippen LogP contribution in [0.2, 0.25) is 10.0 Å². The average molecular weight is 413 g/mol. The van der Waals surface area contributed by atoms with E-state index in [2.05, 4.69) is 27.1 Å². The molecule has 0 spiro atoms. The van der Waals surface area contributed by atoms with Crippen molar-refractivity contribution in [3.8, 4) is 0 Å². The fraction of sp³-hybridized carbons (Fsp3) is 0.333. The highest BCUT2D eigenvalue weighted by Crippen LogP contribution is 2.21. The van der Waals surface area contributed by atoms with Crippen LogP contribution in [0, 0.1) is 0 Å². The second-order valence-electron chi connectivity index (χ2n) is 5.80. The number of carbonyl (C=O) groups is 1. The van der Waals surface area contributed by atoms with E-state index in [1.807, 2.05) is 12.1 Å². The molecule has 8 heteroatoms. The van der Waals surface area contributed by atoms with Crippen LogP contribution in [0.3, 0.4) is 0 Å². The lowest BCUT2D eigenvalue weighted by Crippen LogP contribution is -2.43. The molecule has 26 heavy (non-hydrogen) atoms. The molecule has 1 heterocycles. The number of nitrogens with one attached hydrogen (secondary N) is 2. The third kappa shape index (κ3) is 6.86. The van der Waals surface area contributed by atoms with Crippen LogP contribution in [0.15, 0.2) is 40.7 Å². The summed E-state index contributed by atoms with van der Waals surface area (Å²) in [6.45, 7) is 1.28. The first kappa shape index (κ1) is 20.6. The summed E-state index contributed by atoms with van der Waals surface area (Å²) in [4.78, 5) is 19.2. The topological polar surface area (TPSA) is 56.7 Å². The lowest BCUT2D eigenvalue weighted by Gasteiger charge is -2.15. The molecule has 140 valence electrons. The van der Waals surface area contributed by atoms with Gasteiger partial charge in [0.1, 0.15) is 0 Å². The van der Waals surface area contributed by atoms with Crippen molar-refractivity contribution in [1.29, 1.82) is 0 Å². The lowest BCUT2D eigenvalue weighted by atomic mass is 10.2. The molecule has 1 aromatic heterocycles. The minimum atomic E-state index is -0.0257. The number of likely N-dealkylation sites (N-methyl/N-ethyl adjacent to an activating group) is 1. The summed E-state index contributed by atoms with van der Waals surface area (Å²) in [5.74, 6) is 0.546. The normalized spacial score (nSPS) is 11.3. The molecule has 0 aliphatic rings. The molecule has 1 aromatic carbocycles. The Morgan fingerprint density at radius 3 is 2.69 bits per heavy atom. The molecule has 0 unspecified atom stereocenters. The molecule has 5 nitrogen and oxygen atoms in total. The molecule has 2 rings (SSSR count). The van der Waals surface area contributed by atoms with Crippen LogP contribution in [0.25, 0.3) is 0 Å². The van der Waals surface area contributed by atoms with E-state index in [1.165, 1.54) is 9.78 Å². The molecular formula is C18H22Cl2N4OS. The van der Waals surface area contributed by atoms with E-state index in [1.54, 1.807) is 37.6 Å². The van der Waals surface area contributed by atoms with Crippen molar-refractivity contribution < 1.29 is 4.79 Å². The Labute approximate surface area is 168 Å². The largest absolute Gasteiger partial charge is 0.356 e. The van der Waals surface area contributed by atoms with Gasteiger partial charge in [0.15, 0.2) is 5.96 Å².